The first-order valence-corrected chi connectivity index (χ1v) is 3.66. The van der Waals surface area contributed by atoms with Crippen molar-refractivity contribution in [1.29, 1.82) is 0 Å². The van der Waals surface area contributed by atoms with Gasteiger partial charge in [0.1, 0.15) is 0 Å². The summed E-state index contributed by atoms with van der Waals surface area (Å²) < 4.78 is 4.25. The number of carbonyl (C=O) groups excluding carboxylic acids is 1. The Bertz CT molecular complexity index is 94.2. The fraction of sp³-hybridized carbons (Fsp3) is 0.800. The molecule has 0 fully saturated rings. The Kier molecular flexibility index (Phi) is 4.71. The summed E-state index contributed by atoms with van der Waals surface area (Å²) >= 11 is 3.08. The van der Waals surface area contributed by atoms with Crippen LogP contribution in [-0.4, -0.2) is 29.6 Å². The van der Waals surface area contributed by atoms with Crippen LogP contribution >= 0.6 is 15.9 Å². The summed E-state index contributed by atoms with van der Waals surface area (Å²) in [5.41, 5.74) is 0. The molecule has 0 aromatic carbocycles. The Morgan fingerprint density at radius 3 is 2.78 bits per heavy atom. The molecule has 0 rings (SSSR count). The molecule has 0 saturated carbocycles. The predicted molar refractivity (Wildman–Crippen MR) is 36.4 cm³/mol. The van der Waals surface area contributed by atoms with E-state index in [1.165, 1.54) is 7.11 Å². The third-order valence-electron chi connectivity index (χ3n) is 0.856. The molecule has 0 heterocycles. The van der Waals surface area contributed by atoms with Crippen LogP contribution in [0.25, 0.3) is 0 Å². The summed E-state index contributed by atoms with van der Waals surface area (Å²) in [6, 6.07) is 0. The van der Waals surface area contributed by atoms with Crippen molar-refractivity contribution in [2.45, 2.75) is 12.5 Å². The highest BCUT2D eigenvalue weighted by Crippen LogP contribution is 1.96. The minimum Gasteiger partial charge on any atom is -0.467 e. The first-order chi connectivity index (χ1) is 4.22. The first kappa shape index (κ1) is 8.91. The molecule has 0 spiro atoms. The number of rotatable bonds is 3. The van der Waals surface area contributed by atoms with Gasteiger partial charge >= 0.3 is 5.97 Å². The molecule has 4 heteroatoms. The summed E-state index contributed by atoms with van der Waals surface area (Å²) in [6.45, 7) is 0. The van der Waals surface area contributed by atoms with Crippen LogP contribution in [0.15, 0.2) is 0 Å². The lowest BCUT2D eigenvalue weighted by molar-refractivity contribution is -0.150. The third kappa shape index (κ3) is 3.48. The zero-order chi connectivity index (χ0) is 7.28. The van der Waals surface area contributed by atoms with Gasteiger partial charge in [-0.05, 0) is 6.42 Å². The van der Waals surface area contributed by atoms with Crippen LogP contribution in [0.2, 0.25) is 0 Å². The van der Waals surface area contributed by atoms with E-state index in [2.05, 4.69) is 20.7 Å². The molecular formula is C5H9BrO3. The Balaban J connectivity index is 3.45. The van der Waals surface area contributed by atoms with Crippen molar-refractivity contribution in [2.24, 2.45) is 0 Å². The Morgan fingerprint density at radius 2 is 2.44 bits per heavy atom. The number of hydrogen-bond donors (Lipinski definition) is 1. The van der Waals surface area contributed by atoms with E-state index in [4.69, 9.17) is 5.11 Å². The standard InChI is InChI=1S/C5H9BrO3/c1-9-5(8)4(7)2-3-6/h4,7H,2-3H2,1H3/t4-/m1/s1. The van der Waals surface area contributed by atoms with Gasteiger partial charge < -0.3 is 9.84 Å². The predicted octanol–water partition coefficient (Wildman–Crippen LogP) is 0.305. The third-order valence-corrected chi connectivity index (χ3v) is 1.31. The Morgan fingerprint density at radius 1 is 1.89 bits per heavy atom. The largest absolute Gasteiger partial charge is 0.467 e. The van der Waals surface area contributed by atoms with Crippen LogP contribution in [0.3, 0.4) is 0 Å². The van der Waals surface area contributed by atoms with E-state index < -0.39 is 12.1 Å². The van der Waals surface area contributed by atoms with E-state index in [9.17, 15) is 4.79 Å². The normalized spacial score (nSPS) is 12.8. The van der Waals surface area contributed by atoms with Gasteiger partial charge in [0, 0.05) is 5.33 Å². The van der Waals surface area contributed by atoms with Gasteiger partial charge in [-0.1, -0.05) is 15.9 Å². The summed E-state index contributed by atoms with van der Waals surface area (Å²) in [5.74, 6) is -0.575. The first-order valence-electron chi connectivity index (χ1n) is 2.54. The summed E-state index contributed by atoms with van der Waals surface area (Å²) in [6.07, 6.45) is -0.582. The van der Waals surface area contributed by atoms with Crippen molar-refractivity contribution < 1.29 is 14.6 Å². The molecule has 0 aromatic rings. The number of aliphatic hydroxyl groups is 1. The lowest BCUT2D eigenvalue weighted by atomic mass is 10.3. The van der Waals surface area contributed by atoms with E-state index in [0.717, 1.165) is 0 Å². The van der Waals surface area contributed by atoms with Crippen LogP contribution in [-0.2, 0) is 9.53 Å². The fourth-order valence-corrected chi connectivity index (χ4v) is 0.791. The van der Waals surface area contributed by atoms with Crippen molar-refractivity contribution in [2.75, 3.05) is 12.4 Å². The van der Waals surface area contributed by atoms with E-state index in [0.29, 0.717) is 11.8 Å². The van der Waals surface area contributed by atoms with Crippen molar-refractivity contribution >= 4 is 21.9 Å². The van der Waals surface area contributed by atoms with Crippen LogP contribution in [0.4, 0.5) is 0 Å². The number of hydrogen-bond acceptors (Lipinski definition) is 3. The van der Waals surface area contributed by atoms with Gasteiger partial charge in [-0.25, -0.2) is 4.79 Å². The maximum Gasteiger partial charge on any atom is 0.334 e. The molecule has 1 N–H and O–H groups in total. The second-order valence-electron chi connectivity index (χ2n) is 1.52. The zero-order valence-electron chi connectivity index (χ0n) is 5.13. The highest BCUT2D eigenvalue weighted by molar-refractivity contribution is 9.09. The molecule has 1 atom stereocenters. The van der Waals surface area contributed by atoms with Crippen molar-refractivity contribution in [3.63, 3.8) is 0 Å². The Hall–Kier alpha value is -0.0900. The van der Waals surface area contributed by atoms with E-state index >= 15 is 0 Å². The van der Waals surface area contributed by atoms with E-state index in [1.807, 2.05) is 0 Å². The van der Waals surface area contributed by atoms with Crippen molar-refractivity contribution in [3.8, 4) is 0 Å². The maximum atomic E-state index is 10.4. The molecule has 0 aliphatic rings. The number of aliphatic hydroxyl groups excluding tert-OH is 1. The molecule has 3 nitrogen and oxygen atoms in total. The van der Waals surface area contributed by atoms with Crippen molar-refractivity contribution in [1.82, 2.24) is 0 Å². The highest BCUT2D eigenvalue weighted by atomic mass is 79.9. The zero-order valence-corrected chi connectivity index (χ0v) is 6.72. The van der Waals surface area contributed by atoms with Crippen LogP contribution in [0.5, 0.6) is 0 Å². The summed E-state index contributed by atoms with van der Waals surface area (Å²) in [4.78, 5) is 10.4. The van der Waals surface area contributed by atoms with E-state index in [-0.39, 0.29) is 0 Å². The molecule has 0 saturated heterocycles. The van der Waals surface area contributed by atoms with Crippen LogP contribution in [0.1, 0.15) is 6.42 Å². The summed E-state index contributed by atoms with van der Waals surface area (Å²) in [5, 5.41) is 9.41. The number of halogens is 1. The number of ether oxygens (including phenoxy) is 1. The van der Waals surface area contributed by atoms with Gasteiger partial charge in [-0.3, -0.25) is 0 Å². The van der Waals surface area contributed by atoms with E-state index in [1.54, 1.807) is 0 Å². The average molecular weight is 197 g/mol. The Labute approximate surface area is 62.1 Å². The lowest BCUT2D eigenvalue weighted by Gasteiger charge is -2.03. The molecule has 0 aromatic heterocycles. The minimum absolute atomic E-state index is 0.396. The highest BCUT2D eigenvalue weighted by Gasteiger charge is 2.12. The molecule has 0 aliphatic carbocycles. The van der Waals surface area contributed by atoms with Gasteiger partial charge in [-0.2, -0.15) is 0 Å². The van der Waals surface area contributed by atoms with Gasteiger partial charge in [0.05, 0.1) is 7.11 Å². The molecule has 0 aliphatic heterocycles. The van der Waals surface area contributed by atoms with Gasteiger partial charge in [0.25, 0.3) is 0 Å². The summed E-state index contributed by atoms with van der Waals surface area (Å²) in [7, 11) is 1.25. The number of esters is 1. The fourth-order valence-electron chi connectivity index (χ4n) is 0.357. The molecule has 9 heavy (non-hydrogen) atoms. The van der Waals surface area contributed by atoms with Gasteiger partial charge in [-0.15, -0.1) is 0 Å². The molecule has 0 unspecified atom stereocenters. The van der Waals surface area contributed by atoms with Crippen LogP contribution in [0, 0.1) is 0 Å². The van der Waals surface area contributed by atoms with Crippen LogP contribution < -0.4 is 0 Å². The van der Waals surface area contributed by atoms with Gasteiger partial charge in [0.2, 0.25) is 0 Å². The van der Waals surface area contributed by atoms with Crippen molar-refractivity contribution in [3.05, 3.63) is 0 Å². The monoisotopic (exact) mass is 196 g/mol. The number of methoxy groups -OCH3 is 1. The molecule has 0 radical (unpaired) electrons. The minimum atomic E-state index is -0.977. The molecule has 0 bridgehead atoms. The second-order valence-corrected chi connectivity index (χ2v) is 2.31. The quantitative estimate of drug-likeness (QED) is 0.523. The van der Waals surface area contributed by atoms with Gasteiger partial charge in [0.15, 0.2) is 6.10 Å². The maximum absolute atomic E-state index is 10.4. The average Bonchev–Trinajstić information content (AvgIpc) is 1.87. The number of alkyl halides is 1. The molecule has 54 valence electrons. The smallest absolute Gasteiger partial charge is 0.334 e. The second kappa shape index (κ2) is 4.76. The number of carbonyl (C=O) groups is 1. The molecular weight excluding hydrogens is 188 g/mol. The molecule has 0 amide bonds. The lowest BCUT2D eigenvalue weighted by Crippen LogP contribution is -2.21. The SMILES string of the molecule is COC(=O)[C@H](O)CCBr. The topological polar surface area (TPSA) is 46.5 Å².